The van der Waals surface area contributed by atoms with Gasteiger partial charge in [0, 0.05) is 0 Å². The highest BCUT2D eigenvalue weighted by atomic mass is 16.6. The Balaban J connectivity index is 2.87. The monoisotopic (exact) mass is 562 g/mol. The Morgan fingerprint density at radius 1 is 0.390 bits per heavy atom. The fourth-order valence-corrected chi connectivity index (χ4v) is 6.78. The molecule has 41 heavy (non-hydrogen) atoms. The molecule has 0 radical (unpaired) electrons. The lowest BCUT2D eigenvalue weighted by Gasteiger charge is -2.30. The van der Waals surface area contributed by atoms with Gasteiger partial charge in [-0.2, -0.15) is 0 Å². The Kier molecular flexibility index (Phi) is 11.6. The third kappa shape index (κ3) is 7.15. The number of hydrogen-bond acceptors (Lipinski definition) is 3. The van der Waals surface area contributed by atoms with Crippen molar-refractivity contribution in [1.29, 1.82) is 0 Å². The van der Waals surface area contributed by atoms with E-state index in [1.165, 1.54) is 33.4 Å². The minimum atomic E-state index is -0.544. The molecule has 0 spiro atoms. The maximum absolute atomic E-state index is 14.0. The first-order valence-electron chi connectivity index (χ1n) is 16.0. The van der Waals surface area contributed by atoms with Gasteiger partial charge in [-0.05, 0) is 104 Å². The van der Waals surface area contributed by atoms with Crippen molar-refractivity contribution in [1.82, 2.24) is 0 Å². The van der Waals surface area contributed by atoms with Gasteiger partial charge in [0.1, 0.15) is 0 Å². The number of ether oxygens (including phenoxy) is 1. The number of carbonyl (C=O) groups is 2. The Hall–Kier alpha value is -2.42. The van der Waals surface area contributed by atoms with Crippen molar-refractivity contribution in [3.05, 3.63) is 67.8 Å². The highest BCUT2D eigenvalue weighted by molar-refractivity contribution is 6.05. The van der Waals surface area contributed by atoms with Crippen LogP contribution in [0.5, 0.6) is 0 Å². The van der Waals surface area contributed by atoms with Crippen LogP contribution in [-0.2, 0) is 4.74 Å². The van der Waals surface area contributed by atoms with Crippen molar-refractivity contribution in [2.75, 3.05) is 0 Å². The Morgan fingerprint density at radius 2 is 0.634 bits per heavy atom. The average Bonchev–Trinajstić information content (AvgIpc) is 2.84. The van der Waals surface area contributed by atoms with E-state index < -0.39 is 11.9 Å². The van der Waals surface area contributed by atoms with Crippen LogP contribution in [0.2, 0.25) is 0 Å². The summed E-state index contributed by atoms with van der Waals surface area (Å²) in [5.41, 5.74) is 10.5. The highest BCUT2D eigenvalue weighted by Gasteiger charge is 2.32. The number of rotatable bonds is 10. The van der Waals surface area contributed by atoms with E-state index in [1.54, 1.807) is 0 Å². The molecule has 0 bridgehead atoms. The van der Waals surface area contributed by atoms with Crippen LogP contribution >= 0.6 is 0 Å². The molecule has 0 aliphatic heterocycles. The maximum Gasteiger partial charge on any atom is 0.346 e. The summed E-state index contributed by atoms with van der Waals surface area (Å²) in [4.78, 5) is 28.1. The van der Waals surface area contributed by atoms with Crippen molar-refractivity contribution >= 4 is 11.9 Å². The summed E-state index contributed by atoms with van der Waals surface area (Å²) in [6.07, 6.45) is 0. The Bertz CT molecular complexity index is 1160. The molecule has 228 valence electrons. The molecule has 0 atom stereocenters. The number of esters is 2. The summed E-state index contributed by atoms with van der Waals surface area (Å²) < 4.78 is 5.87. The van der Waals surface area contributed by atoms with Gasteiger partial charge in [0.15, 0.2) is 0 Å². The topological polar surface area (TPSA) is 43.4 Å². The predicted molar refractivity (Wildman–Crippen MR) is 175 cm³/mol. The molecule has 0 heterocycles. The molecule has 2 aromatic carbocycles. The molecular weight excluding hydrogens is 504 g/mol. The van der Waals surface area contributed by atoms with Crippen molar-refractivity contribution in [3.63, 3.8) is 0 Å². The van der Waals surface area contributed by atoms with Gasteiger partial charge in [-0.3, -0.25) is 0 Å². The smallest absolute Gasteiger partial charge is 0.346 e. The van der Waals surface area contributed by atoms with Crippen LogP contribution in [0, 0.1) is 0 Å². The summed E-state index contributed by atoms with van der Waals surface area (Å²) in [7, 11) is 0. The van der Waals surface area contributed by atoms with E-state index in [1.807, 2.05) is 12.1 Å². The third-order valence-corrected chi connectivity index (χ3v) is 8.30. The lowest BCUT2D eigenvalue weighted by Crippen LogP contribution is -2.22. The quantitative estimate of drug-likeness (QED) is 0.214. The second kappa shape index (κ2) is 13.7. The van der Waals surface area contributed by atoms with Crippen LogP contribution in [0.4, 0.5) is 0 Å². The van der Waals surface area contributed by atoms with E-state index in [4.69, 9.17) is 4.74 Å². The molecule has 0 aliphatic carbocycles. The molecule has 2 rings (SSSR count). The molecule has 0 amide bonds. The fraction of sp³-hybridized carbons (Fsp3) is 0.632. The fourth-order valence-electron chi connectivity index (χ4n) is 6.78. The zero-order valence-corrected chi connectivity index (χ0v) is 29.0. The minimum Gasteiger partial charge on any atom is -0.386 e. The third-order valence-electron chi connectivity index (χ3n) is 8.30. The van der Waals surface area contributed by atoms with Gasteiger partial charge in [0.05, 0.1) is 11.1 Å². The SMILES string of the molecule is CC(C)c1cc(C(=O)OC(=O)c2cc(C(C)C)c(C(C)C)c(C(C)C)c2C(C)C)c(C(C)C)c(C(C)C)c1C(C)C. The molecule has 0 saturated heterocycles. The predicted octanol–water partition coefficient (Wildman–Crippen LogP) is 11.7. The lowest BCUT2D eigenvalue weighted by molar-refractivity contribution is 0.0395. The summed E-state index contributed by atoms with van der Waals surface area (Å²) in [5.74, 6) is 0.750. The number of hydrogen-bond donors (Lipinski definition) is 0. The molecule has 0 saturated carbocycles. The normalized spacial score (nSPS) is 12.4. The second-order valence-corrected chi connectivity index (χ2v) is 14.4. The van der Waals surface area contributed by atoms with E-state index in [9.17, 15) is 9.59 Å². The van der Waals surface area contributed by atoms with E-state index in [-0.39, 0.29) is 35.5 Å². The van der Waals surface area contributed by atoms with Gasteiger partial charge in [-0.25, -0.2) is 9.59 Å². The molecule has 2 aromatic rings. The van der Waals surface area contributed by atoms with Crippen LogP contribution in [0.25, 0.3) is 0 Å². The summed E-state index contributed by atoms with van der Waals surface area (Å²) in [5, 5.41) is 0. The zero-order chi connectivity index (χ0) is 31.7. The Morgan fingerprint density at radius 3 is 0.829 bits per heavy atom. The molecule has 3 heteroatoms. The van der Waals surface area contributed by atoms with Gasteiger partial charge in [-0.15, -0.1) is 0 Å². The Labute approximate surface area is 251 Å². The summed E-state index contributed by atoms with van der Waals surface area (Å²) in [6, 6.07) is 4.03. The highest BCUT2D eigenvalue weighted by Crippen LogP contribution is 2.42. The van der Waals surface area contributed by atoms with Crippen LogP contribution in [0.3, 0.4) is 0 Å². The van der Waals surface area contributed by atoms with E-state index in [2.05, 4.69) is 111 Å². The van der Waals surface area contributed by atoms with E-state index >= 15 is 0 Å². The molecule has 0 fully saturated rings. The van der Waals surface area contributed by atoms with Crippen molar-refractivity contribution in [2.24, 2.45) is 0 Å². The molecule has 3 nitrogen and oxygen atoms in total. The second-order valence-electron chi connectivity index (χ2n) is 14.4. The first kappa shape index (κ1) is 34.8. The van der Waals surface area contributed by atoms with E-state index in [0.29, 0.717) is 23.0 Å². The molecular formula is C38H58O3. The van der Waals surface area contributed by atoms with Gasteiger partial charge in [0.2, 0.25) is 0 Å². The van der Waals surface area contributed by atoms with E-state index in [0.717, 1.165) is 11.1 Å². The summed E-state index contributed by atoms with van der Waals surface area (Å²) >= 11 is 0. The first-order valence-corrected chi connectivity index (χ1v) is 16.0. The maximum atomic E-state index is 14.0. The van der Waals surface area contributed by atoms with Crippen LogP contribution < -0.4 is 0 Å². The number of carbonyl (C=O) groups excluding carboxylic acids is 2. The first-order chi connectivity index (χ1) is 18.8. The van der Waals surface area contributed by atoms with Gasteiger partial charge in [0.25, 0.3) is 0 Å². The van der Waals surface area contributed by atoms with Crippen molar-refractivity contribution in [3.8, 4) is 0 Å². The largest absolute Gasteiger partial charge is 0.386 e. The molecule has 0 aromatic heterocycles. The van der Waals surface area contributed by atoms with Crippen molar-refractivity contribution < 1.29 is 14.3 Å². The van der Waals surface area contributed by atoms with Gasteiger partial charge >= 0.3 is 11.9 Å². The van der Waals surface area contributed by atoms with Crippen LogP contribution in [0.1, 0.15) is 223 Å². The minimum absolute atomic E-state index is 0.111. The zero-order valence-electron chi connectivity index (χ0n) is 29.0. The molecule has 0 unspecified atom stereocenters. The van der Waals surface area contributed by atoms with Gasteiger partial charge in [-0.1, -0.05) is 111 Å². The van der Waals surface area contributed by atoms with Crippen LogP contribution in [-0.4, -0.2) is 11.9 Å². The molecule has 0 N–H and O–H groups in total. The average molecular weight is 563 g/mol. The number of benzene rings is 2. The van der Waals surface area contributed by atoms with Crippen molar-refractivity contribution in [2.45, 2.75) is 158 Å². The standard InChI is InChI=1S/C38H58O3/c1-19(2)27-17-29(33(23(9)10)35(25(13)14)31(27)21(5)6)37(39)41-38(40)30-18-28(20(3)4)32(22(7)8)36(26(15)16)34(30)24(11)12/h17-26H,1-16H3. The molecule has 0 aliphatic rings. The van der Waals surface area contributed by atoms with Gasteiger partial charge < -0.3 is 4.74 Å². The summed E-state index contributed by atoms with van der Waals surface area (Å²) in [6.45, 7) is 34.9. The lowest BCUT2D eigenvalue weighted by atomic mass is 9.76. The van der Waals surface area contributed by atoms with Crippen LogP contribution in [0.15, 0.2) is 12.1 Å².